The highest BCUT2D eigenvalue weighted by molar-refractivity contribution is 6.01. The number of benzene rings is 1. The van der Waals surface area contributed by atoms with E-state index in [-0.39, 0.29) is 5.91 Å². The summed E-state index contributed by atoms with van der Waals surface area (Å²) < 4.78 is 8.93. The number of nitrogens with one attached hydrogen (secondary N) is 1. The van der Waals surface area contributed by atoms with Gasteiger partial charge in [-0.15, -0.1) is 0 Å². The van der Waals surface area contributed by atoms with Gasteiger partial charge in [0.25, 0.3) is 5.91 Å². The summed E-state index contributed by atoms with van der Waals surface area (Å²) in [6.07, 6.45) is 7.21. The van der Waals surface area contributed by atoms with Crippen LogP contribution >= 0.6 is 0 Å². The molecule has 0 atom stereocenters. The summed E-state index contributed by atoms with van der Waals surface area (Å²) in [5.41, 5.74) is 6.77. The van der Waals surface area contributed by atoms with Crippen LogP contribution in [-0.2, 0) is 26.7 Å². The van der Waals surface area contributed by atoms with Crippen molar-refractivity contribution < 1.29 is 9.53 Å². The molecule has 172 valence electrons. The summed E-state index contributed by atoms with van der Waals surface area (Å²) in [6, 6.07) is 11.7. The molecule has 8 heteroatoms. The number of hydrogen-bond acceptors (Lipinski definition) is 5. The first kappa shape index (κ1) is 21.6. The molecule has 0 saturated heterocycles. The van der Waals surface area contributed by atoms with E-state index in [0.717, 1.165) is 33.6 Å². The van der Waals surface area contributed by atoms with E-state index in [0.29, 0.717) is 36.6 Å². The average Bonchev–Trinajstić information content (AvgIpc) is 3.33. The molecule has 4 aromatic rings. The maximum Gasteiger partial charge on any atom is 0.254 e. The molecule has 0 fully saturated rings. The summed E-state index contributed by atoms with van der Waals surface area (Å²) >= 11 is 0. The number of imidazole rings is 1. The number of hydrogen-bond donors (Lipinski definition) is 1. The second kappa shape index (κ2) is 8.62. The molecule has 1 aliphatic heterocycles. The Labute approximate surface area is 197 Å². The van der Waals surface area contributed by atoms with Crippen LogP contribution in [0.2, 0.25) is 0 Å². The fraction of sp³-hybridized carbons (Fsp3) is 0.231. The van der Waals surface area contributed by atoms with Crippen LogP contribution in [0.15, 0.2) is 61.2 Å². The Morgan fingerprint density at radius 2 is 1.85 bits per heavy atom. The normalized spacial score (nSPS) is 12.8. The number of nitrogens with zero attached hydrogens (tertiary/aromatic N) is 5. The highest BCUT2D eigenvalue weighted by atomic mass is 16.5. The van der Waals surface area contributed by atoms with Gasteiger partial charge in [0.05, 0.1) is 25.9 Å². The predicted octanol–water partition coefficient (Wildman–Crippen LogP) is 3.28. The maximum atomic E-state index is 13.5. The molecule has 0 unspecified atom stereocenters. The third-order valence-corrected chi connectivity index (χ3v) is 6.28. The molecule has 1 aromatic carbocycles. The predicted molar refractivity (Wildman–Crippen MR) is 127 cm³/mol. The Bertz CT molecular complexity index is 1450. The van der Waals surface area contributed by atoms with Gasteiger partial charge in [0.2, 0.25) is 5.62 Å². The molecule has 5 rings (SSSR count). The van der Waals surface area contributed by atoms with E-state index in [4.69, 9.17) is 10.1 Å². The highest BCUT2D eigenvalue weighted by Gasteiger charge is 2.31. The van der Waals surface area contributed by atoms with Gasteiger partial charge in [0.1, 0.15) is 5.75 Å². The van der Waals surface area contributed by atoms with Crippen molar-refractivity contribution >= 4 is 5.91 Å². The molecule has 34 heavy (non-hydrogen) atoms. The lowest BCUT2D eigenvalue weighted by molar-refractivity contribution is 0.0764. The number of rotatable bonds is 6. The molecular weight excluding hydrogens is 428 g/mol. The van der Waals surface area contributed by atoms with Crippen molar-refractivity contribution in [2.45, 2.75) is 26.6 Å². The SMILES string of the molecule is COc1ccnc(CN2Cc3c(cc(Cn4ccn(C)c4=N)cc3-c3cccnc3C)C2=O)c1. The molecule has 3 aromatic heterocycles. The second-order valence-electron chi connectivity index (χ2n) is 8.51. The molecule has 4 heterocycles. The van der Waals surface area contributed by atoms with E-state index in [1.807, 2.05) is 60.1 Å². The van der Waals surface area contributed by atoms with Crippen LogP contribution in [0.1, 0.15) is 32.9 Å². The molecule has 0 spiro atoms. The van der Waals surface area contributed by atoms with Gasteiger partial charge in [-0.25, -0.2) is 0 Å². The van der Waals surface area contributed by atoms with Gasteiger partial charge < -0.3 is 18.8 Å². The number of fused-ring (bicyclic) bond motifs is 1. The first-order valence-corrected chi connectivity index (χ1v) is 11.1. The van der Waals surface area contributed by atoms with Crippen molar-refractivity contribution in [2.75, 3.05) is 7.11 Å². The summed E-state index contributed by atoms with van der Waals surface area (Å²) in [4.78, 5) is 24.2. The first-order chi connectivity index (χ1) is 16.4. The van der Waals surface area contributed by atoms with Gasteiger partial charge in [-0.3, -0.25) is 20.2 Å². The largest absolute Gasteiger partial charge is 0.497 e. The molecule has 1 aliphatic rings. The van der Waals surface area contributed by atoms with E-state index in [1.54, 1.807) is 30.1 Å². The van der Waals surface area contributed by atoms with Gasteiger partial charge in [0, 0.05) is 61.3 Å². The van der Waals surface area contributed by atoms with E-state index < -0.39 is 0 Å². The highest BCUT2D eigenvalue weighted by Crippen LogP contribution is 2.36. The van der Waals surface area contributed by atoms with E-state index in [2.05, 4.69) is 16.0 Å². The van der Waals surface area contributed by atoms with Crippen LogP contribution < -0.4 is 10.4 Å². The number of aryl methyl sites for hydroxylation is 2. The van der Waals surface area contributed by atoms with Crippen molar-refractivity contribution in [3.05, 3.63) is 94.9 Å². The molecule has 0 radical (unpaired) electrons. The summed E-state index contributed by atoms with van der Waals surface area (Å²) in [6.45, 7) is 3.38. The van der Waals surface area contributed by atoms with Crippen molar-refractivity contribution in [1.82, 2.24) is 24.0 Å². The topological polar surface area (TPSA) is 89.0 Å². The summed E-state index contributed by atoms with van der Waals surface area (Å²) in [7, 11) is 3.47. The lowest BCUT2D eigenvalue weighted by Gasteiger charge is -2.16. The second-order valence-corrected chi connectivity index (χ2v) is 8.51. The standard InChI is InChI=1S/C26H26N6O2/c1-17-21(5-4-7-28-17)22-11-18(14-31-10-9-30(2)26(31)27)12-23-24(22)16-32(25(23)33)15-19-13-20(34-3)6-8-29-19/h4-13,27H,14-16H2,1-3H3. The zero-order valence-corrected chi connectivity index (χ0v) is 19.4. The molecule has 1 N–H and O–H groups in total. The number of methoxy groups -OCH3 is 1. The molecule has 0 saturated carbocycles. The Morgan fingerprint density at radius 1 is 1.03 bits per heavy atom. The van der Waals surface area contributed by atoms with Crippen molar-refractivity contribution in [1.29, 1.82) is 5.41 Å². The molecule has 0 aliphatic carbocycles. The van der Waals surface area contributed by atoms with Crippen LogP contribution in [0, 0.1) is 12.3 Å². The molecule has 1 amide bonds. The smallest absolute Gasteiger partial charge is 0.254 e. The fourth-order valence-electron chi connectivity index (χ4n) is 4.47. The minimum absolute atomic E-state index is 0.0200. The monoisotopic (exact) mass is 454 g/mol. The number of pyridine rings is 2. The van der Waals surface area contributed by atoms with Crippen molar-refractivity contribution in [3.8, 4) is 16.9 Å². The third kappa shape index (κ3) is 3.87. The summed E-state index contributed by atoms with van der Waals surface area (Å²) in [5, 5.41) is 8.28. The first-order valence-electron chi connectivity index (χ1n) is 11.1. The van der Waals surface area contributed by atoms with Gasteiger partial charge in [-0.05, 0) is 47.9 Å². The van der Waals surface area contributed by atoms with Crippen molar-refractivity contribution in [3.63, 3.8) is 0 Å². The van der Waals surface area contributed by atoms with Crippen LogP contribution in [0.25, 0.3) is 11.1 Å². The zero-order chi connectivity index (χ0) is 23.8. The lowest BCUT2D eigenvalue weighted by atomic mass is 9.93. The van der Waals surface area contributed by atoms with Crippen LogP contribution in [0.3, 0.4) is 0 Å². The Morgan fingerprint density at radius 3 is 2.59 bits per heavy atom. The minimum atomic E-state index is -0.0200. The molecular formula is C26H26N6O2. The van der Waals surface area contributed by atoms with E-state index in [9.17, 15) is 4.79 Å². The molecule has 0 bridgehead atoms. The number of carbonyl (C=O) groups excluding carboxylic acids is 1. The lowest BCUT2D eigenvalue weighted by Crippen LogP contribution is -2.24. The minimum Gasteiger partial charge on any atom is -0.497 e. The van der Waals surface area contributed by atoms with Gasteiger partial charge in [0.15, 0.2) is 0 Å². The Hall–Kier alpha value is -4.20. The van der Waals surface area contributed by atoms with E-state index in [1.165, 1.54) is 0 Å². The van der Waals surface area contributed by atoms with Gasteiger partial charge in [-0.2, -0.15) is 0 Å². The number of aromatic nitrogens is 4. The number of carbonyl (C=O) groups is 1. The number of amides is 1. The third-order valence-electron chi connectivity index (χ3n) is 6.28. The van der Waals surface area contributed by atoms with Crippen LogP contribution in [0.4, 0.5) is 0 Å². The Kier molecular flexibility index (Phi) is 5.49. The molecule has 8 nitrogen and oxygen atoms in total. The Balaban J connectivity index is 1.56. The van der Waals surface area contributed by atoms with Gasteiger partial charge in [-0.1, -0.05) is 6.07 Å². The van der Waals surface area contributed by atoms with Crippen molar-refractivity contribution in [2.24, 2.45) is 7.05 Å². The zero-order valence-electron chi connectivity index (χ0n) is 19.4. The average molecular weight is 455 g/mol. The summed E-state index contributed by atoms with van der Waals surface area (Å²) in [5.74, 6) is 0.697. The van der Waals surface area contributed by atoms with Crippen LogP contribution in [-0.4, -0.2) is 37.0 Å². The quantitative estimate of drug-likeness (QED) is 0.484. The number of ether oxygens (including phenoxy) is 1. The van der Waals surface area contributed by atoms with Gasteiger partial charge >= 0.3 is 0 Å². The maximum absolute atomic E-state index is 13.5. The van der Waals surface area contributed by atoms with E-state index >= 15 is 0 Å². The van der Waals surface area contributed by atoms with Crippen LogP contribution in [0.5, 0.6) is 5.75 Å². The fourth-order valence-corrected chi connectivity index (χ4v) is 4.47.